The highest BCUT2D eigenvalue weighted by molar-refractivity contribution is 5.83. The van der Waals surface area contributed by atoms with Crippen molar-refractivity contribution in [3.05, 3.63) is 36.0 Å². The van der Waals surface area contributed by atoms with Crippen LogP contribution in [-0.4, -0.2) is 28.5 Å². The van der Waals surface area contributed by atoms with E-state index in [1.807, 2.05) is 18.3 Å². The molecule has 0 unspecified atom stereocenters. The Kier molecular flexibility index (Phi) is 3.90. The van der Waals surface area contributed by atoms with E-state index in [1.165, 1.54) is 10.9 Å². The van der Waals surface area contributed by atoms with Crippen molar-refractivity contribution < 1.29 is 0 Å². The van der Waals surface area contributed by atoms with Crippen LogP contribution in [0.3, 0.4) is 0 Å². The molecule has 2 atom stereocenters. The highest BCUT2D eigenvalue weighted by Crippen LogP contribution is 2.24. The van der Waals surface area contributed by atoms with Gasteiger partial charge in [-0.2, -0.15) is 10.5 Å². The third-order valence-electron chi connectivity index (χ3n) is 4.37. The highest BCUT2D eigenvalue weighted by Gasteiger charge is 2.30. The number of nitriles is 2. The van der Waals surface area contributed by atoms with Crippen molar-refractivity contribution in [2.45, 2.75) is 37.8 Å². The van der Waals surface area contributed by atoms with Gasteiger partial charge in [0.2, 0.25) is 0 Å². The summed E-state index contributed by atoms with van der Waals surface area (Å²) in [5.41, 5.74) is 2.39. The number of hydrogen-bond donors (Lipinski definition) is 1. The predicted molar refractivity (Wildman–Crippen MR) is 81.4 cm³/mol. The van der Waals surface area contributed by atoms with Crippen molar-refractivity contribution in [2.24, 2.45) is 0 Å². The Balaban J connectivity index is 1.76. The highest BCUT2D eigenvalue weighted by atomic mass is 15.2. The number of para-hydroxylation sites is 1. The molecule has 1 aromatic heterocycles. The molecule has 0 aliphatic carbocycles. The third-order valence-corrected chi connectivity index (χ3v) is 4.37. The van der Waals surface area contributed by atoms with Crippen LogP contribution < -0.4 is 0 Å². The van der Waals surface area contributed by atoms with E-state index in [1.54, 1.807) is 0 Å². The molecule has 4 nitrogen and oxygen atoms in total. The number of nitrogens with zero attached hydrogens (tertiary/aromatic N) is 3. The second-order valence-electron chi connectivity index (χ2n) is 5.57. The molecular weight excluding hydrogens is 260 g/mol. The minimum absolute atomic E-state index is 0.117. The first-order chi connectivity index (χ1) is 10.3. The quantitative estimate of drug-likeness (QED) is 0.938. The minimum atomic E-state index is -0.117. The third kappa shape index (κ3) is 2.63. The molecule has 3 rings (SSSR count). The standard InChI is InChI=1S/C17H18N4/c18-10-14-4-3-5-15(11-19)21(14)9-8-13-12-20-17-7-2-1-6-16(13)17/h1-2,6-7,12,14-15,20H,3-5,8-9H2/t14-,15+. The van der Waals surface area contributed by atoms with Crippen molar-refractivity contribution in [3.8, 4) is 12.1 Å². The lowest BCUT2D eigenvalue weighted by atomic mass is 9.96. The fourth-order valence-corrected chi connectivity index (χ4v) is 3.23. The molecule has 21 heavy (non-hydrogen) atoms. The first-order valence-corrected chi connectivity index (χ1v) is 7.43. The van der Waals surface area contributed by atoms with Gasteiger partial charge in [-0.3, -0.25) is 4.90 Å². The molecule has 0 spiro atoms. The Labute approximate surface area is 124 Å². The maximum Gasteiger partial charge on any atom is 0.0988 e. The number of rotatable bonds is 3. The largest absolute Gasteiger partial charge is 0.361 e. The van der Waals surface area contributed by atoms with E-state index in [4.69, 9.17) is 0 Å². The Bertz CT molecular complexity index is 681. The van der Waals surface area contributed by atoms with Crippen LogP contribution in [0, 0.1) is 22.7 Å². The van der Waals surface area contributed by atoms with E-state index in [0.29, 0.717) is 0 Å². The molecule has 1 N–H and O–H groups in total. The van der Waals surface area contributed by atoms with Gasteiger partial charge >= 0.3 is 0 Å². The van der Waals surface area contributed by atoms with Gasteiger partial charge in [0.1, 0.15) is 0 Å². The van der Waals surface area contributed by atoms with Crippen molar-refractivity contribution >= 4 is 10.9 Å². The van der Waals surface area contributed by atoms with Crippen LogP contribution >= 0.6 is 0 Å². The fourth-order valence-electron chi connectivity index (χ4n) is 3.23. The second-order valence-corrected chi connectivity index (χ2v) is 5.57. The van der Waals surface area contributed by atoms with Crippen LogP contribution in [-0.2, 0) is 6.42 Å². The molecule has 2 heterocycles. The Morgan fingerprint density at radius 1 is 1.14 bits per heavy atom. The lowest BCUT2D eigenvalue weighted by molar-refractivity contribution is 0.147. The molecule has 2 aromatic rings. The van der Waals surface area contributed by atoms with Crippen LogP contribution in [0.25, 0.3) is 10.9 Å². The van der Waals surface area contributed by atoms with E-state index < -0.39 is 0 Å². The van der Waals surface area contributed by atoms with Gasteiger partial charge in [-0.25, -0.2) is 0 Å². The minimum Gasteiger partial charge on any atom is -0.361 e. The molecule has 1 aliphatic heterocycles. The lowest BCUT2D eigenvalue weighted by Gasteiger charge is -2.35. The molecule has 0 bridgehead atoms. The molecule has 0 amide bonds. The summed E-state index contributed by atoms with van der Waals surface area (Å²) in [6, 6.07) is 12.7. The Morgan fingerprint density at radius 3 is 2.57 bits per heavy atom. The zero-order chi connectivity index (χ0) is 14.7. The number of aromatic nitrogens is 1. The van der Waals surface area contributed by atoms with Gasteiger partial charge in [-0.05, 0) is 37.3 Å². The van der Waals surface area contributed by atoms with Gasteiger partial charge in [-0.15, -0.1) is 0 Å². The average Bonchev–Trinajstić information content (AvgIpc) is 2.95. The van der Waals surface area contributed by atoms with E-state index in [2.05, 4.69) is 34.2 Å². The van der Waals surface area contributed by atoms with E-state index in [-0.39, 0.29) is 12.1 Å². The summed E-state index contributed by atoms with van der Waals surface area (Å²) < 4.78 is 0. The van der Waals surface area contributed by atoms with Crippen molar-refractivity contribution in [3.63, 3.8) is 0 Å². The number of fused-ring (bicyclic) bond motifs is 1. The molecule has 1 aromatic carbocycles. The summed E-state index contributed by atoms with van der Waals surface area (Å²) in [4.78, 5) is 5.35. The summed E-state index contributed by atoms with van der Waals surface area (Å²) in [5.74, 6) is 0. The molecule has 1 saturated heterocycles. The van der Waals surface area contributed by atoms with Gasteiger partial charge in [-0.1, -0.05) is 18.2 Å². The van der Waals surface area contributed by atoms with Gasteiger partial charge in [0.15, 0.2) is 0 Å². The van der Waals surface area contributed by atoms with Crippen LogP contribution in [0.2, 0.25) is 0 Å². The van der Waals surface area contributed by atoms with Crippen LogP contribution in [0.4, 0.5) is 0 Å². The second kappa shape index (κ2) is 5.99. The maximum absolute atomic E-state index is 9.30. The average molecular weight is 278 g/mol. The zero-order valence-electron chi connectivity index (χ0n) is 11.9. The van der Waals surface area contributed by atoms with Gasteiger partial charge < -0.3 is 4.98 Å². The monoisotopic (exact) mass is 278 g/mol. The van der Waals surface area contributed by atoms with Gasteiger partial charge in [0.25, 0.3) is 0 Å². The topological polar surface area (TPSA) is 66.6 Å². The SMILES string of the molecule is N#C[C@@H]1CCC[C@H](C#N)N1CCc1c[nH]c2ccccc12. The fraction of sp³-hybridized carbons (Fsp3) is 0.412. The normalized spacial score (nSPS) is 22.8. The smallest absolute Gasteiger partial charge is 0.0988 e. The molecular formula is C17H18N4. The molecule has 0 radical (unpaired) electrons. The molecule has 0 saturated carbocycles. The van der Waals surface area contributed by atoms with Crippen LogP contribution in [0.15, 0.2) is 30.5 Å². The number of nitrogens with one attached hydrogen (secondary N) is 1. The Hall–Kier alpha value is -2.30. The van der Waals surface area contributed by atoms with E-state index in [0.717, 1.165) is 37.7 Å². The first kappa shape index (κ1) is 13.7. The van der Waals surface area contributed by atoms with Gasteiger partial charge in [0.05, 0.1) is 24.2 Å². The van der Waals surface area contributed by atoms with E-state index >= 15 is 0 Å². The molecule has 1 fully saturated rings. The summed E-state index contributed by atoms with van der Waals surface area (Å²) in [6.45, 7) is 0.762. The molecule has 106 valence electrons. The molecule has 1 aliphatic rings. The van der Waals surface area contributed by atoms with Crippen molar-refractivity contribution in [1.29, 1.82) is 10.5 Å². The summed E-state index contributed by atoms with van der Waals surface area (Å²) in [5, 5.41) is 19.8. The van der Waals surface area contributed by atoms with E-state index in [9.17, 15) is 10.5 Å². The summed E-state index contributed by atoms with van der Waals surface area (Å²) in [6.07, 6.45) is 5.63. The van der Waals surface area contributed by atoms with Crippen molar-refractivity contribution in [2.75, 3.05) is 6.54 Å². The first-order valence-electron chi connectivity index (χ1n) is 7.43. The zero-order valence-corrected chi connectivity index (χ0v) is 11.9. The number of hydrogen-bond acceptors (Lipinski definition) is 3. The van der Waals surface area contributed by atoms with Crippen LogP contribution in [0.1, 0.15) is 24.8 Å². The Morgan fingerprint density at radius 2 is 1.86 bits per heavy atom. The summed E-state index contributed by atoms with van der Waals surface area (Å²) in [7, 11) is 0. The van der Waals surface area contributed by atoms with Crippen LogP contribution in [0.5, 0.6) is 0 Å². The van der Waals surface area contributed by atoms with Crippen molar-refractivity contribution in [1.82, 2.24) is 9.88 Å². The number of likely N-dealkylation sites (tertiary alicyclic amines) is 1. The number of piperidine rings is 1. The number of H-pyrrole nitrogens is 1. The molecule has 4 heteroatoms. The van der Waals surface area contributed by atoms with Gasteiger partial charge in [0, 0.05) is 23.6 Å². The maximum atomic E-state index is 9.30. The summed E-state index contributed by atoms with van der Waals surface area (Å²) >= 11 is 0. The number of benzene rings is 1. The predicted octanol–water partition coefficient (Wildman–Crippen LogP) is 2.98. The number of aromatic amines is 1. The lowest BCUT2D eigenvalue weighted by Crippen LogP contribution is -2.46.